The van der Waals surface area contributed by atoms with Gasteiger partial charge in [-0.05, 0) is 42.5 Å². The molecule has 0 aliphatic carbocycles. The Hall–Kier alpha value is -2.57. The number of amides is 2. The van der Waals surface area contributed by atoms with Gasteiger partial charge in [-0.15, -0.1) is 11.8 Å². The third-order valence-corrected chi connectivity index (χ3v) is 6.17. The molecule has 29 heavy (non-hydrogen) atoms. The lowest BCUT2D eigenvalue weighted by molar-refractivity contribution is -0.137. The topological polar surface area (TPSA) is 118 Å². The standard InChI is InChI=1S/C17H14F3N3O4S2/c18-17(19,20)9-1-6-13-12(7-9)23-16(25)14(28-13)8-15(24)22-10-2-4-11(5-3-10)29(21,26)27/h1-7,14H,8H2,(H,22,24)(H,23,25)(H2,21,26,27)/t14-/m1/s1. The van der Waals surface area contributed by atoms with Crippen LogP contribution in [0.15, 0.2) is 52.3 Å². The van der Waals surface area contributed by atoms with Crippen molar-refractivity contribution in [1.82, 2.24) is 0 Å². The number of nitrogens with one attached hydrogen (secondary N) is 2. The minimum atomic E-state index is -4.53. The van der Waals surface area contributed by atoms with E-state index < -0.39 is 38.8 Å². The van der Waals surface area contributed by atoms with Crippen molar-refractivity contribution in [3.05, 3.63) is 48.0 Å². The first-order valence-corrected chi connectivity index (χ1v) is 10.5. The van der Waals surface area contributed by atoms with Gasteiger partial charge in [-0.2, -0.15) is 13.2 Å². The quantitative estimate of drug-likeness (QED) is 0.669. The lowest BCUT2D eigenvalue weighted by Gasteiger charge is -2.24. The summed E-state index contributed by atoms with van der Waals surface area (Å²) in [5, 5.41) is 9.08. The zero-order valence-corrected chi connectivity index (χ0v) is 16.1. The summed E-state index contributed by atoms with van der Waals surface area (Å²) in [6.07, 6.45) is -4.76. The van der Waals surface area contributed by atoms with Gasteiger partial charge in [-0.25, -0.2) is 13.6 Å². The van der Waals surface area contributed by atoms with Crippen molar-refractivity contribution < 1.29 is 31.2 Å². The molecule has 0 radical (unpaired) electrons. The molecule has 1 aliphatic rings. The number of alkyl halides is 3. The van der Waals surface area contributed by atoms with Crippen molar-refractivity contribution in [2.45, 2.75) is 27.6 Å². The van der Waals surface area contributed by atoms with Gasteiger partial charge in [0.15, 0.2) is 0 Å². The van der Waals surface area contributed by atoms with Crippen LogP contribution >= 0.6 is 11.8 Å². The zero-order valence-electron chi connectivity index (χ0n) is 14.5. The third kappa shape index (κ3) is 5.08. The average molecular weight is 445 g/mol. The van der Waals surface area contributed by atoms with Crippen LogP contribution in [-0.4, -0.2) is 25.5 Å². The maximum atomic E-state index is 12.8. The molecule has 0 bridgehead atoms. The number of primary sulfonamides is 1. The van der Waals surface area contributed by atoms with E-state index in [9.17, 15) is 31.2 Å². The lowest BCUT2D eigenvalue weighted by atomic mass is 10.1. The van der Waals surface area contributed by atoms with Crippen LogP contribution in [0.1, 0.15) is 12.0 Å². The number of hydrogen-bond acceptors (Lipinski definition) is 5. The molecule has 0 spiro atoms. The maximum Gasteiger partial charge on any atom is 0.416 e. The van der Waals surface area contributed by atoms with Crippen LogP contribution in [0.3, 0.4) is 0 Å². The highest BCUT2D eigenvalue weighted by atomic mass is 32.2. The van der Waals surface area contributed by atoms with Crippen molar-refractivity contribution in [2.24, 2.45) is 5.14 Å². The fourth-order valence-electron chi connectivity index (χ4n) is 2.57. The summed E-state index contributed by atoms with van der Waals surface area (Å²) in [4.78, 5) is 24.7. The van der Waals surface area contributed by atoms with Crippen molar-refractivity contribution in [3.8, 4) is 0 Å². The predicted octanol–water partition coefficient (Wildman–Crippen LogP) is 2.79. The number of nitrogens with two attached hydrogens (primary N) is 1. The van der Waals surface area contributed by atoms with Gasteiger partial charge >= 0.3 is 6.18 Å². The Morgan fingerprint density at radius 3 is 2.41 bits per heavy atom. The van der Waals surface area contributed by atoms with Crippen molar-refractivity contribution in [3.63, 3.8) is 0 Å². The second-order valence-electron chi connectivity index (χ2n) is 6.13. The molecule has 0 saturated carbocycles. The van der Waals surface area contributed by atoms with Crippen molar-refractivity contribution in [1.29, 1.82) is 0 Å². The second kappa shape index (κ2) is 7.69. The third-order valence-electron chi connectivity index (χ3n) is 3.96. The normalized spacial score (nSPS) is 16.7. The summed E-state index contributed by atoms with van der Waals surface area (Å²) >= 11 is 0.993. The highest BCUT2D eigenvalue weighted by Gasteiger charge is 2.34. The van der Waals surface area contributed by atoms with E-state index in [-0.39, 0.29) is 17.0 Å². The first-order chi connectivity index (χ1) is 13.4. The second-order valence-corrected chi connectivity index (χ2v) is 8.93. The van der Waals surface area contributed by atoms with E-state index in [1.807, 2.05) is 0 Å². The number of carbonyl (C=O) groups excluding carboxylic acids is 2. The Morgan fingerprint density at radius 1 is 1.17 bits per heavy atom. The van der Waals surface area contributed by atoms with Crippen LogP contribution < -0.4 is 15.8 Å². The zero-order chi connectivity index (χ0) is 21.4. The highest BCUT2D eigenvalue weighted by molar-refractivity contribution is 8.01. The fraction of sp³-hybridized carbons (Fsp3) is 0.176. The van der Waals surface area contributed by atoms with Gasteiger partial charge in [0, 0.05) is 17.0 Å². The molecule has 1 atom stereocenters. The molecule has 4 N–H and O–H groups in total. The molecule has 2 aromatic carbocycles. The number of hydrogen-bond donors (Lipinski definition) is 3. The molecule has 154 valence electrons. The number of benzene rings is 2. The molecule has 7 nitrogen and oxygen atoms in total. The van der Waals surface area contributed by atoms with E-state index in [1.54, 1.807) is 0 Å². The smallest absolute Gasteiger partial charge is 0.326 e. The van der Waals surface area contributed by atoms with E-state index in [0.29, 0.717) is 10.6 Å². The lowest BCUT2D eigenvalue weighted by Crippen LogP contribution is -2.32. The number of anilines is 2. The highest BCUT2D eigenvalue weighted by Crippen LogP contribution is 2.40. The molecule has 0 aromatic heterocycles. The minimum absolute atomic E-state index is 0.0464. The number of halogens is 3. The van der Waals surface area contributed by atoms with Gasteiger partial charge in [0.2, 0.25) is 21.8 Å². The van der Waals surface area contributed by atoms with Crippen LogP contribution in [0.4, 0.5) is 24.5 Å². The monoisotopic (exact) mass is 445 g/mol. The van der Waals surface area contributed by atoms with Gasteiger partial charge in [-0.3, -0.25) is 9.59 Å². The number of thioether (sulfide) groups is 1. The summed E-state index contributed by atoms with van der Waals surface area (Å²) in [7, 11) is -3.86. The largest absolute Gasteiger partial charge is 0.416 e. The first-order valence-electron chi connectivity index (χ1n) is 8.05. The van der Waals surface area contributed by atoms with Gasteiger partial charge in [0.25, 0.3) is 0 Å². The molecule has 0 saturated heterocycles. The first kappa shape index (κ1) is 21.1. The fourth-order valence-corrected chi connectivity index (χ4v) is 4.18. The van der Waals surface area contributed by atoms with Crippen LogP contribution in [0.25, 0.3) is 0 Å². The number of carbonyl (C=O) groups is 2. The summed E-state index contributed by atoms with van der Waals surface area (Å²) in [5.74, 6) is -1.10. The van der Waals surface area contributed by atoms with Crippen molar-refractivity contribution >= 4 is 45.0 Å². The van der Waals surface area contributed by atoms with Crippen LogP contribution in [0.5, 0.6) is 0 Å². The molecule has 2 aromatic rings. The average Bonchev–Trinajstić information content (AvgIpc) is 2.60. The minimum Gasteiger partial charge on any atom is -0.326 e. The molecular weight excluding hydrogens is 431 g/mol. The van der Waals surface area contributed by atoms with E-state index in [2.05, 4.69) is 10.6 Å². The van der Waals surface area contributed by atoms with E-state index in [4.69, 9.17) is 5.14 Å². The molecule has 0 unspecified atom stereocenters. The van der Waals surface area contributed by atoms with Gasteiger partial charge in [-0.1, -0.05) is 0 Å². The predicted molar refractivity (Wildman–Crippen MR) is 101 cm³/mol. The van der Waals surface area contributed by atoms with Gasteiger partial charge in [0.05, 0.1) is 21.4 Å². The number of sulfonamides is 1. The van der Waals surface area contributed by atoms with Crippen LogP contribution in [0.2, 0.25) is 0 Å². The molecule has 1 heterocycles. The summed E-state index contributed by atoms with van der Waals surface area (Å²) < 4.78 is 60.8. The maximum absolute atomic E-state index is 12.8. The Kier molecular flexibility index (Phi) is 5.61. The molecule has 0 fully saturated rings. The van der Waals surface area contributed by atoms with E-state index in [1.165, 1.54) is 30.3 Å². The van der Waals surface area contributed by atoms with Crippen molar-refractivity contribution in [2.75, 3.05) is 10.6 Å². The van der Waals surface area contributed by atoms with Gasteiger partial charge in [0.1, 0.15) is 0 Å². The van der Waals surface area contributed by atoms with Crippen LogP contribution in [-0.2, 0) is 25.8 Å². The molecule has 3 rings (SSSR count). The SMILES string of the molecule is NS(=O)(=O)c1ccc(NC(=O)C[C@H]2Sc3ccc(C(F)(F)F)cc3NC2=O)cc1. The Bertz CT molecular complexity index is 1070. The molecule has 2 amide bonds. The molecule has 1 aliphatic heterocycles. The summed E-state index contributed by atoms with van der Waals surface area (Å²) in [6, 6.07) is 8.15. The Morgan fingerprint density at radius 2 is 1.83 bits per heavy atom. The Balaban J connectivity index is 1.66. The number of rotatable bonds is 4. The van der Waals surface area contributed by atoms with E-state index >= 15 is 0 Å². The summed E-state index contributed by atoms with van der Waals surface area (Å²) in [6.45, 7) is 0. The van der Waals surface area contributed by atoms with Crippen LogP contribution in [0, 0.1) is 0 Å². The Labute approximate surface area is 167 Å². The molecule has 12 heteroatoms. The molecular formula is C17H14F3N3O4S2. The summed E-state index contributed by atoms with van der Waals surface area (Å²) in [5.41, 5.74) is -0.528. The van der Waals surface area contributed by atoms with E-state index in [0.717, 1.165) is 23.9 Å². The van der Waals surface area contributed by atoms with Gasteiger partial charge < -0.3 is 10.6 Å². The number of fused-ring (bicyclic) bond motifs is 1.